The van der Waals surface area contributed by atoms with Crippen LogP contribution < -0.4 is 5.32 Å². The molecule has 0 fully saturated rings. The molecule has 1 unspecified atom stereocenters. The van der Waals surface area contributed by atoms with Gasteiger partial charge in [0.1, 0.15) is 17.6 Å². The van der Waals surface area contributed by atoms with Gasteiger partial charge in [0.15, 0.2) is 0 Å². The Labute approximate surface area is 188 Å². The van der Waals surface area contributed by atoms with Crippen molar-refractivity contribution in [2.24, 2.45) is 7.05 Å². The first-order valence-corrected chi connectivity index (χ1v) is 10.5. The van der Waals surface area contributed by atoms with Crippen LogP contribution in [-0.4, -0.2) is 20.4 Å². The van der Waals surface area contributed by atoms with Gasteiger partial charge in [-0.25, -0.2) is 4.98 Å². The third kappa shape index (κ3) is 3.46. The summed E-state index contributed by atoms with van der Waals surface area (Å²) in [7, 11) is 1.95. The third-order valence-electron chi connectivity index (χ3n) is 5.41. The summed E-state index contributed by atoms with van der Waals surface area (Å²) in [6, 6.07) is 22.5. The van der Waals surface area contributed by atoms with Gasteiger partial charge in [0.2, 0.25) is 0 Å². The lowest BCUT2D eigenvalue weighted by Gasteiger charge is -2.19. The number of nitrogens with zero attached hydrogens (tertiary/aromatic N) is 2. The number of hydrogen-bond donors (Lipinski definition) is 2. The smallest absolute Gasteiger partial charge is 0.270 e. The summed E-state index contributed by atoms with van der Waals surface area (Å²) in [4.78, 5) is 21.2. The van der Waals surface area contributed by atoms with E-state index in [-0.39, 0.29) is 5.91 Å². The summed E-state index contributed by atoms with van der Waals surface area (Å²) in [6.07, 6.45) is 0. The zero-order chi connectivity index (χ0) is 21.5. The number of aromatic amines is 1. The number of carbonyl (C=O) groups excluding carboxylic acids is 1. The number of aryl methyl sites for hydroxylation is 1. The minimum atomic E-state index is -0.461. The molecule has 2 N–H and O–H groups in total. The number of rotatable bonds is 4. The summed E-state index contributed by atoms with van der Waals surface area (Å²) in [5, 5.41) is 4.72. The maximum atomic E-state index is 13.3. The molecule has 3 aromatic carbocycles. The van der Waals surface area contributed by atoms with Crippen LogP contribution >= 0.6 is 23.2 Å². The summed E-state index contributed by atoms with van der Waals surface area (Å²) in [6.45, 7) is 0. The summed E-state index contributed by atoms with van der Waals surface area (Å²) in [5.74, 6) is 0.411. The number of benzene rings is 3. The minimum Gasteiger partial charge on any atom is -0.349 e. The molecule has 0 bridgehead atoms. The lowest BCUT2D eigenvalue weighted by molar-refractivity contribution is 0.0937. The molecule has 31 heavy (non-hydrogen) atoms. The van der Waals surface area contributed by atoms with Crippen LogP contribution in [-0.2, 0) is 7.05 Å². The van der Waals surface area contributed by atoms with Gasteiger partial charge in [0.25, 0.3) is 5.91 Å². The fourth-order valence-corrected chi connectivity index (χ4v) is 4.32. The zero-order valence-electron chi connectivity index (χ0n) is 16.6. The van der Waals surface area contributed by atoms with Gasteiger partial charge < -0.3 is 14.9 Å². The third-order valence-corrected chi connectivity index (χ3v) is 6.04. The van der Waals surface area contributed by atoms with Crippen LogP contribution in [0.4, 0.5) is 0 Å². The highest BCUT2D eigenvalue weighted by Gasteiger charge is 2.25. The molecule has 5 aromatic rings. The second-order valence-electron chi connectivity index (χ2n) is 7.34. The molecule has 5 rings (SSSR count). The maximum absolute atomic E-state index is 13.3. The summed E-state index contributed by atoms with van der Waals surface area (Å²) >= 11 is 12.6. The van der Waals surface area contributed by atoms with E-state index < -0.39 is 6.04 Å². The van der Waals surface area contributed by atoms with Crippen molar-refractivity contribution in [3.63, 3.8) is 0 Å². The van der Waals surface area contributed by atoms with Crippen molar-refractivity contribution in [2.75, 3.05) is 0 Å². The standard InChI is InChI=1S/C24H18Cl2N4O/c1-30-19-10-6-5-9-18(19)28-23(30)21(14-7-3-2-4-8-14)29-24(31)22-20(26)16-13-15(25)11-12-17(16)27-22/h2-13,21,27H,1H3,(H,29,31). The van der Waals surface area contributed by atoms with Crippen LogP contribution in [0.1, 0.15) is 27.9 Å². The van der Waals surface area contributed by atoms with Gasteiger partial charge in [-0.1, -0.05) is 65.7 Å². The van der Waals surface area contributed by atoms with Crippen molar-refractivity contribution < 1.29 is 4.79 Å². The SMILES string of the molecule is Cn1c(C(NC(=O)c2[nH]c3ccc(Cl)cc3c2Cl)c2ccccc2)nc2ccccc21. The van der Waals surface area contributed by atoms with E-state index >= 15 is 0 Å². The second-order valence-corrected chi connectivity index (χ2v) is 8.15. The lowest BCUT2D eigenvalue weighted by Crippen LogP contribution is -2.31. The van der Waals surface area contributed by atoms with E-state index in [1.54, 1.807) is 18.2 Å². The molecule has 0 radical (unpaired) electrons. The van der Waals surface area contributed by atoms with Gasteiger partial charge in [-0.3, -0.25) is 4.79 Å². The van der Waals surface area contributed by atoms with Gasteiger partial charge in [0.05, 0.1) is 16.1 Å². The largest absolute Gasteiger partial charge is 0.349 e. The molecule has 0 spiro atoms. The maximum Gasteiger partial charge on any atom is 0.270 e. The summed E-state index contributed by atoms with van der Waals surface area (Å²) in [5.41, 5.74) is 3.82. The van der Waals surface area contributed by atoms with Crippen LogP contribution in [0.25, 0.3) is 21.9 Å². The Kier molecular flexibility index (Phi) is 4.93. The molecule has 0 aliphatic heterocycles. The van der Waals surface area contributed by atoms with E-state index in [1.165, 1.54) is 0 Å². The fraction of sp³-hybridized carbons (Fsp3) is 0.0833. The van der Waals surface area contributed by atoms with E-state index in [9.17, 15) is 4.79 Å². The first-order valence-electron chi connectivity index (χ1n) is 9.77. The number of fused-ring (bicyclic) bond motifs is 2. The number of imidazole rings is 1. The van der Waals surface area contributed by atoms with Crippen molar-refractivity contribution >= 4 is 51.0 Å². The zero-order valence-corrected chi connectivity index (χ0v) is 18.1. The van der Waals surface area contributed by atoms with Crippen molar-refractivity contribution in [3.8, 4) is 0 Å². The number of H-pyrrole nitrogens is 1. The molecule has 0 aliphatic carbocycles. The van der Waals surface area contributed by atoms with Gasteiger partial charge in [-0.2, -0.15) is 0 Å². The Balaban J connectivity index is 1.59. The molecule has 0 saturated carbocycles. The first-order chi connectivity index (χ1) is 15.0. The van der Waals surface area contributed by atoms with Crippen molar-refractivity contribution in [3.05, 3.63) is 99.9 Å². The number of carbonyl (C=O) groups is 1. The fourth-order valence-electron chi connectivity index (χ4n) is 3.86. The number of hydrogen-bond acceptors (Lipinski definition) is 2. The Morgan fingerprint density at radius 1 is 1.03 bits per heavy atom. The number of para-hydroxylation sites is 2. The molecule has 0 aliphatic rings. The molecule has 1 atom stereocenters. The molecular weight excluding hydrogens is 431 g/mol. The van der Waals surface area contributed by atoms with E-state index in [0.29, 0.717) is 21.1 Å². The van der Waals surface area contributed by atoms with E-state index in [0.717, 1.165) is 27.9 Å². The predicted molar refractivity (Wildman–Crippen MR) is 125 cm³/mol. The Hall–Kier alpha value is -3.28. The van der Waals surface area contributed by atoms with Crippen LogP contribution in [0.2, 0.25) is 10.0 Å². The number of amides is 1. The summed E-state index contributed by atoms with van der Waals surface area (Å²) < 4.78 is 2.00. The lowest BCUT2D eigenvalue weighted by atomic mass is 10.1. The van der Waals surface area contributed by atoms with Crippen molar-refractivity contribution in [2.45, 2.75) is 6.04 Å². The van der Waals surface area contributed by atoms with E-state index in [4.69, 9.17) is 28.2 Å². The number of nitrogens with one attached hydrogen (secondary N) is 2. The highest BCUT2D eigenvalue weighted by atomic mass is 35.5. The predicted octanol–water partition coefficient (Wildman–Crippen LogP) is 5.88. The van der Waals surface area contributed by atoms with Crippen LogP contribution in [0.5, 0.6) is 0 Å². The molecule has 2 aromatic heterocycles. The Morgan fingerprint density at radius 3 is 2.55 bits per heavy atom. The van der Waals surface area contributed by atoms with Gasteiger partial charge >= 0.3 is 0 Å². The Morgan fingerprint density at radius 2 is 1.77 bits per heavy atom. The van der Waals surface area contributed by atoms with Gasteiger partial charge in [-0.05, 0) is 35.9 Å². The average Bonchev–Trinajstić information content (AvgIpc) is 3.30. The normalized spacial score (nSPS) is 12.4. The topological polar surface area (TPSA) is 62.7 Å². The average molecular weight is 449 g/mol. The van der Waals surface area contributed by atoms with Gasteiger partial charge in [0, 0.05) is 23.0 Å². The van der Waals surface area contributed by atoms with Crippen LogP contribution in [0.15, 0.2) is 72.8 Å². The Bertz CT molecular complexity index is 1420. The minimum absolute atomic E-state index is 0.290. The molecule has 7 heteroatoms. The van der Waals surface area contributed by atoms with E-state index in [2.05, 4.69) is 10.3 Å². The van der Waals surface area contributed by atoms with E-state index in [1.807, 2.05) is 66.2 Å². The van der Waals surface area contributed by atoms with Crippen LogP contribution in [0.3, 0.4) is 0 Å². The molecule has 2 heterocycles. The highest BCUT2D eigenvalue weighted by Crippen LogP contribution is 2.31. The number of halogens is 2. The molecule has 1 amide bonds. The quantitative estimate of drug-likeness (QED) is 0.360. The van der Waals surface area contributed by atoms with Crippen molar-refractivity contribution in [1.82, 2.24) is 19.9 Å². The van der Waals surface area contributed by atoms with Crippen molar-refractivity contribution in [1.29, 1.82) is 0 Å². The first kappa shape index (κ1) is 19.7. The molecular formula is C24H18Cl2N4O. The van der Waals surface area contributed by atoms with Crippen LogP contribution in [0, 0.1) is 0 Å². The molecule has 5 nitrogen and oxygen atoms in total. The number of aromatic nitrogens is 3. The second kappa shape index (κ2) is 7.76. The molecule has 154 valence electrons. The molecule has 0 saturated heterocycles. The monoisotopic (exact) mass is 448 g/mol. The highest BCUT2D eigenvalue weighted by molar-refractivity contribution is 6.39. The van der Waals surface area contributed by atoms with Gasteiger partial charge in [-0.15, -0.1) is 0 Å².